The molecule has 1 aliphatic carbocycles. The van der Waals surface area contributed by atoms with E-state index < -0.39 is 6.17 Å². The van der Waals surface area contributed by atoms with E-state index in [1.54, 1.807) is 0 Å². The molecule has 2 unspecified atom stereocenters. The minimum absolute atomic E-state index is 0. The molecule has 2 N–H and O–H groups in total. The highest BCUT2D eigenvalue weighted by molar-refractivity contribution is 5.85. The summed E-state index contributed by atoms with van der Waals surface area (Å²) in [4.78, 5) is 0. The van der Waals surface area contributed by atoms with Crippen molar-refractivity contribution >= 4 is 12.4 Å². The standard InChI is InChI=1S/C7H14FN.ClH/c8-6-4-2-1-3-5-7(6)9;/h6-7H,1-5,9H2;1H. The lowest BCUT2D eigenvalue weighted by Gasteiger charge is -2.10. The van der Waals surface area contributed by atoms with Crippen molar-refractivity contribution in [2.24, 2.45) is 5.73 Å². The van der Waals surface area contributed by atoms with Crippen molar-refractivity contribution in [3.05, 3.63) is 0 Å². The van der Waals surface area contributed by atoms with Crippen molar-refractivity contribution in [3.8, 4) is 0 Å². The van der Waals surface area contributed by atoms with Crippen molar-refractivity contribution < 1.29 is 4.39 Å². The molecule has 0 aromatic rings. The van der Waals surface area contributed by atoms with Gasteiger partial charge in [0.2, 0.25) is 0 Å². The summed E-state index contributed by atoms with van der Waals surface area (Å²) in [5, 5.41) is 0. The quantitative estimate of drug-likeness (QED) is 0.549. The Balaban J connectivity index is 0.000000810. The van der Waals surface area contributed by atoms with Gasteiger partial charge in [-0.25, -0.2) is 4.39 Å². The first-order valence-electron chi connectivity index (χ1n) is 3.70. The van der Waals surface area contributed by atoms with Gasteiger partial charge in [-0.2, -0.15) is 0 Å². The van der Waals surface area contributed by atoms with E-state index in [0.717, 1.165) is 25.7 Å². The summed E-state index contributed by atoms with van der Waals surface area (Å²) in [5.74, 6) is 0. The van der Waals surface area contributed by atoms with Gasteiger partial charge < -0.3 is 5.73 Å². The highest BCUT2D eigenvalue weighted by Gasteiger charge is 2.18. The molecule has 62 valence electrons. The van der Waals surface area contributed by atoms with Crippen LogP contribution in [0, 0.1) is 0 Å². The summed E-state index contributed by atoms with van der Waals surface area (Å²) in [7, 11) is 0. The first-order valence-corrected chi connectivity index (χ1v) is 3.70. The van der Waals surface area contributed by atoms with E-state index in [9.17, 15) is 4.39 Å². The molecular weight excluding hydrogens is 153 g/mol. The van der Waals surface area contributed by atoms with E-state index >= 15 is 0 Å². The molecule has 0 bridgehead atoms. The van der Waals surface area contributed by atoms with Gasteiger partial charge in [-0.1, -0.05) is 19.3 Å². The van der Waals surface area contributed by atoms with Gasteiger partial charge in [-0.3, -0.25) is 0 Å². The topological polar surface area (TPSA) is 26.0 Å². The van der Waals surface area contributed by atoms with Crippen LogP contribution in [0.5, 0.6) is 0 Å². The predicted molar refractivity (Wildman–Crippen MR) is 43.2 cm³/mol. The van der Waals surface area contributed by atoms with Crippen molar-refractivity contribution in [1.29, 1.82) is 0 Å². The van der Waals surface area contributed by atoms with Gasteiger partial charge in [0.1, 0.15) is 6.17 Å². The monoisotopic (exact) mass is 167 g/mol. The maximum Gasteiger partial charge on any atom is 0.115 e. The summed E-state index contributed by atoms with van der Waals surface area (Å²) >= 11 is 0. The third-order valence-electron chi connectivity index (χ3n) is 1.98. The minimum atomic E-state index is -0.729. The Morgan fingerprint density at radius 1 is 1.10 bits per heavy atom. The van der Waals surface area contributed by atoms with Crippen LogP contribution in [0.4, 0.5) is 4.39 Å². The van der Waals surface area contributed by atoms with Gasteiger partial charge in [0, 0.05) is 6.04 Å². The molecule has 1 saturated carbocycles. The molecule has 0 radical (unpaired) electrons. The number of rotatable bonds is 0. The first kappa shape index (κ1) is 10.2. The number of nitrogens with two attached hydrogens (primary N) is 1. The lowest BCUT2D eigenvalue weighted by molar-refractivity contribution is 0.268. The summed E-state index contributed by atoms with van der Waals surface area (Å²) in [5.41, 5.74) is 5.50. The second kappa shape index (κ2) is 4.91. The van der Waals surface area contributed by atoms with Crippen LogP contribution in [0.1, 0.15) is 32.1 Å². The van der Waals surface area contributed by atoms with E-state index in [4.69, 9.17) is 5.73 Å². The average molecular weight is 168 g/mol. The molecule has 0 amide bonds. The first-order chi connectivity index (χ1) is 4.30. The van der Waals surface area contributed by atoms with Crippen LogP contribution < -0.4 is 5.73 Å². The van der Waals surface area contributed by atoms with Crippen LogP contribution in [0.15, 0.2) is 0 Å². The van der Waals surface area contributed by atoms with Gasteiger partial charge in [-0.05, 0) is 12.8 Å². The summed E-state index contributed by atoms with van der Waals surface area (Å²) in [6, 6.07) is -0.174. The molecule has 0 heterocycles. The van der Waals surface area contributed by atoms with Crippen LogP contribution >= 0.6 is 12.4 Å². The SMILES string of the molecule is Cl.NC1CCCCCC1F. The summed E-state index contributed by atoms with van der Waals surface area (Å²) in [6.45, 7) is 0. The van der Waals surface area contributed by atoms with E-state index in [-0.39, 0.29) is 18.4 Å². The number of hydrogen-bond acceptors (Lipinski definition) is 1. The smallest absolute Gasteiger partial charge is 0.115 e. The lowest BCUT2D eigenvalue weighted by Crippen LogP contribution is -2.29. The molecule has 2 atom stereocenters. The van der Waals surface area contributed by atoms with Gasteiger partial charge >= 0.3 is 0 Å². The molecular formula is C7H15ClFN. The van der Waals surface area contributed by atoms with Crippen LogP contribution in [0.3, 0.4) is 0 Å². The predicted octanol–water partition coefficient (Wildman–Crippen LogP) is 2.04. The number of hydrogen-bond donors (Lipinski definition) is 1. The zero-order valence-corrected chi connectivity index (χ0v) is 6.87. The Bertz CT molecular complexity index is 79.7. The average Bonchev–Trinajstić information content (AvgIpc) is 1.99. The Labute approximate surface area is 67.6 Å². The maximum atomic E-state index is 12.7. The second-order valence-electron chi connectivity index (χ2n) is 2.82. The lowest BCUT2D eigenvalue weighted by atomic mass is 10.1. The van der Waals surface area contributed by atoms with Crippen LogP contribution in [0.2, 0.25) is 0 Å². The molecule has 3 heteroatoms. The maximum absolute atomic E-state index is 12.7. The van der Waals surface area contributed by atoms with E-state index in [0.29, 0.717) is 6.42 Å². The minimum Gasteiger partial charge on any atom is -0.325 e. The summed E-state index contributed by atoms with van der Waals surface area (Å²) in [6.07, 6.45) is 4.12. The molecule has 0 aliphatic heterocycles. The van der Waals surface area contributed by atoms with Gasteiger partial charge in [0.15, 0.2) is 0 Å². The Kier molecular flexibility index (Phi) is 5.00. The molecule has 0 aromatic carbocycles. The fourth-order valence-corrected chi connectivity index (χ4v) is 1.29. The molecule has 0 spiro atoms. The Hall–Kier alpha value is 0.180. The Morgan fingerprint density at radius 2 is 1.70 bits per heavy atom. The molecule has 10 heavy (non-hydrogen) atoms. The van der Waals surface area contributed by atoms with Crippen LogP contribution in [-0.4, -0.2) is 12.2 Å². The molecule has 1 aliphatic rings. The van der Waals surface area contributed by atoms with Crippen LogP contribution in [0.25, 0.3) is 0 Å². The molecule has 0 aromatic heterocycles. The number of alkyl halides is 1. The fraction of sp³-hybridized carbons (Fsp3) is 1.00. The van der Waals surface area contributed by atoms with Gasteiger partial charge in [0.05, 0.1) is 0 Å². The highest BCUT2D eigenvalue weighted by atomic mass is 35.5. The van der Waals surface area contributed by atoms with E-state index in [1.165, 1.54) is 0 Å². The van der Waals surface area contributed by atoms with Crippen molar-refractivity contribution in [2.45, 2.75) is 44.3 Å². The zero-order chi connectivity index (χ0) is 6.69. The molecule has 1 rings (SSSR count). The molecule has 0 saturated heterocycles. The largest absolute Gasteiger partial charge is 0.325 e. The Morgan fingerprint density at radius 3 is 2.40 bits per heavy atom. The van der Waals surface area contributed by atoms with E-state index in [2.05, 4.69) is 0 Å². The van der Waals surface area contributed by atoms with Gasteiger partial charge in [0.25, 0.3) is 0 Å². The molecule has 1 fully saturated rings. The van der Waals surface area contributed by atoms with Crippen molar-refractivity contribution in [2.75, 3.05) is 0 Å². The summed E-state index contributed by atoms with van der Waals surface area (Å²) < 4.78 is 12.7. The highest BCUT2D eigenvalue weighted by Crippen LogP contribution is 2.18. The third kappa shape index (κ3) is 2.84. The second-order valence-corrected chi connectivity index (χ2v) is 2.82. The normalized spacial score (nSPS) is 34.2. The van der Waals surface area contributed by atoms with E-state index in [1.807, 2.05) is 0 Å². The van der Waals surface area contributed by atoms with Crippen LogP contribution in [-0.2, 0) is 0 Å². The molecule has 1 nitrogen and oxygen atoms in total. The zero-order valence-electron chi connectivity index (χ0n) is 6.05. The van der Waals surface area contributed by atoms with Gasteiger partial charge in [-0.15, -0.1) is 12.4 Å². The van der Waals surface area contributed by atoms with Crippen molar-refractivity contribution in [3.63, 3.8) is 0 Å². The third-order valence-corrected chi connectivity index (χ3v) is 1.98. The number of halogens is 2. The fourth-order valence-electron chi connectivity index (χ4n) is 1.29. The van der Waals surface area contributed by atoms with Crippen molar-refractivity contribution in [1.82, 2.24) is 0 Å².